The first kappa shape index (κ1) is 12.0. The first-order chi connectivity index (χ1) is 6.69. The Morgan fingerprint density at radius 3 is 2.50 bits per heavy atom. The van der Waals surface area contributed by atoms with Crippen molar-refractivity contribution in [2.24, 2.45) is 11.7 Å². The highest BCUT2D eigenvalue weighted by Gasteiger charge is 2.25. The third-order valence-electron chi connectivity index (χ3n) is 3.49. The molecule has 0 radical (unpaired) electrons. The predicted octanol–water partition coefficient (Wildman–Crippen LogP) is 0.816. The van der Waals surface area contributed by atoms with Gasteiger partial charge in [0.2, 0.25) is 0 Å². The molecule has 0 spiro atoms. The number of nitrogens with two attached hydrogens (primary N) is 1. The minimum atomic E-state index is 0.102. The summed E-state index contributed by atoms with van der Waals surface area (Å²) in [4.78, 5) is 2.23. The molecule has 0 aromatic heterocycles. The number of hydrogen-bond acceptors (Lipinski definition) is 3. The molecule has 0 heterocycles. The van der Waals surface area contributed by atoms with E-state index in [-0.39, 0.29) is 18.7 Å². The standard InChI is InChI=1S/C11H24N2O/c1-3-10(12)11(8-14)13(2)7-9-5-4-6-9/h9-11,14H,3-8,12H2,1-2H3. The minimum Gasteiger partial charge on any atom is -0.395 e. The molecule has 84 valence electrons. The summed E-state index contributed by atoms with van der Waals surface area (Å²) in [5.74, 6) is 0.845. The molecule has 3 heteroatoms. The second-order valence-electron chi connectivity index (χ2n) is 4.56. The molecule has 2 atom stereocenters. The molecule has 3 nitrogen and oxygen atoms in total. The molecule has 1 saturated carbocycles. The van der Waals surface area contributed by atoms with Crippen LogP contribution in [0.1, 0.15) is 32.6 Å². The molecule has 0 aromatic carbocycles. The zero-order valence-electron chi connectivity index (χ0n) is 9.45. The Kier molecular flexibility index (Phi) is 4.85. The van der Waals surface area contributed by atoms with E-state index >= 15 is 0 Å². The molecular weight excluding hydrogens is 176 g/mol. The molecule has 1 fully saturated rings. The number of hydrogen-bond donors (Lipinski definition) is 2. The second kappa shape index (κ2) is 5.69. The molecule has 1 aliphatic carbocycles. The average Bonchev–Trinajstić information content (AvgIpc) is 2.12. The lowest BCUT2D eigenvalue weighted by Gasteiger charge is -2.36. The topological polar surface area (TPSA) is 49.5 Å². The number of likely N-dealkylation sites (N-methyl/N-ethyl adjacent to an activating group) is 1. The summed E-state index contributed by atoms with van der Waals surface area (Å²) in [5, 5.41) is 9.28. The van der Waals surface area contributed by atoms with E-state index in [2.05, 4.69) is 18.9 Å². The van der Waals surface area contributed by atoms with Crippen LogP contribution in [-0.4, -0.2) is 42.3 Å². The summed E-state index contributed by atoms with van der Waals surface area (Å²) in [7, 11) is 2.08. The number of nitrogens with zero attached hydrogens (tertiary/aromatic N) is 1. The number of rotatable bonds is 6. The zero-order chi connectivity index (χ0) is 10.6. The van der Waals surface area contributed by atoms with Crippen molar-refractivity contribution in [2.75, 3.05) is 20.2 Å². The SMILES string of the molecule is CCC(N)C(CO)N(C)CC1CCC1. The van der Waals surface area contributed by atoms with Crippen molar-refractivity contribution in [1.29, 1.82) is 0 Å². The van der Waals surface area contributed by atoms with Gasteiger partial charge in [-0.2, -0.15) is 0 Å². The van der Waals surface area contributed by atoms with Gasteiger partial charge in [-0.15, -0.1) is 0 Å². The lowest BCUT2D eigenvalue weighted by atomic mass is 9.84. The molecule has 1 aliphatic rings. The van der Waals surface area contributed by atoms with Gasteiger partial charge in [-0.25, -0.2) is 0 Å². The molecule has 0 saturated heterocycles. The minimum absolute atomic E-state index is 0.102. The van der Waals surface area contributed by atoms with Crippen molar-refractivity contribution >= 4 is 0 Å². The third-order valence-corrected chi connectivity index (χ3v) is 3.49. The van der Waals surface area contributed by atoms with Crippen molar-refractivity contribution in [3.63, 3.8) is 0 Å². The molecule has 0 amide bonds. The fourth-order valence-electron chi connectivity index (χ4n) is 2.09. The maximum atomic E-state index is 9.28. The molecular formula is C11H24N2O. The summed E-state index contributed by atoms with van der Waals surface area (Å²) >= 11 is 0. The van der Waals surface area contributed by atoms with E-state index < -0.39 is 0 Å². The number of aliphatic hydroxyl groups excluding tert-OH is 1. The highest BCUT2D eigenvalue weighted by Crippen LogP contribution is 2.27. The maximum Gasteiger partial charge on any atom is 0.0601 e. The van der Waals surface area contributed by atoms with Crippen LogP contribution < -0.4 is 5.73 Å². The zero-order valence-corrected chi connectivity index (χ0v) is 9.45. The van der Waals surface area contributed by atoms with Gasteiger partial charge >= 0.3 is 0 Å². The Bertz CT molecular complexity index is 159. The number of aliphatic hydroxyl groups is 1. The highest BCUT2D eigenvalue weighted by molar-refractivity contribution is 4.82. The average molecular weight is 200 g/mol. The Morgan fingerprint density at radius 2 is 2.14 bits per heavy atom. The van der Waals surface area contributed by atoms with Gasteiger partial charge in [-0.1, -0.05) is 13.3 Å². The van der Waals surface area contributed by atoms with E-state index in [0.29, 0.717) is 0 Å². The largest absolute Gasteiger partial charge is 0.395 e. The van der Waals surface area contributed by atoms with Crippen molar-refractivity contribution in [2.45, 2.75) is 44.7 Å². The Hall–Kier alpha value is -0.120. The van der Waals surface area contributed by atoms with Crippen LogP contribution in [0.2, 0.25) is 0 Å². The van der Waals surface area contributed by atoms with Crippen molar-refractivity contribution in [1.82, 2.24) is 4.90 Å². The van der Waals surface area contributed by atoms with E-state index in [1.807, 2.05) is 0 Å². The normalized spacial score (nSPS) is 22.1. The molecule has 0 aromatic rings. The van der Waals surface area contributed by atoms with Gasteiger partial charge in [-0.3, -0.25) is 4.90 Å². The monoisotopic (exact) mass is 200 g/mol. The van der Waals surface area contributed by atoms with Crippen LogP contribution in [0.25, 0.3) is 0 Å². The summed E-state index contributed by atoms with van der Waals surface area (Å²) in [5.41, 5.74) is 5.96. The lowest BCUT2D eigenvalue weighted by Crippen LogP contribution is -2.50. The summed E-state index contributed by atoms with van der Waals surface area (Å²) in [6, 6.07) is 0.241. The Morgan fingerprint density at radius 1 is 1.50 bits per heavy atom. The van der Waals surface area contributed by atoms with Crippen molar-refractivity contribution in [3.8, 4) is 0 Å². The van der Waals surface area contributed by atoms with Crippen LogP contribution >= 0.6 is 0 Å². The smallest absolute Gasteiger partial charge is 0.0601 e. The van der Waals surface area contributed by atoms with Crippen molar-refractivity contribution < 1.29 is 5.11 Å². The van der Waals surface area contributed by atoms with Crippen LogP contribution in [0.3, 0.4) is 0 Å². The third kappa shape index (κ3) is 2.94. The van der Waals surface area contributed by atoms with E-state index in [9.17, 15) is 5.11 Å². The van der Waals surface area contributed by atoms with Crippen LogP contribution in [0.4, 0.5) is 0 Å². The van der Waals surface area contributed by atoms with Gasteiger partial charge in [0.1, 0.15) is 0 Å². The van der Waals surface area contributed by atoms with Gasteiger partial charge in [0.05, 0.1) is 6.61 Å². The summed E-state index contributed by atoms with van der Waals surface area (Å²) < 4.78 is 0. The Labute approximate surface area is 87.3 Å². The van der Waals surface area contributed by atoms with E-state index in [0.717, 1.165) is 18.9 Å². The molecule has 0 aliphatic heterocycles. The Balaban J connectivity index is 2.33. The van der Waals surface area contributed by atoms with Crippen LogP contribution in [0, 0.1) is 5.92 Å². The first-order valence-electron chi connectivity index (χ1n) is 5.75. The van der Waals surface area contributed by atoms with Crippen LogP contribution in [-0.2, 0) is 0 Å². The van der Waals surface area contributed by atoms with Gasteiger partial charge in [0.15, 0.2) is 0 Å². The van der Waals surface area contributed by atoms with Gasteiger partial charge in [0.25, 0.3) is 0 Å². The fraction of sp³-hybridized carbons (Fsp3) is 1.00. The first-order valence-corrected chi connectivity index (χ1v) is 5.75. The molecule has 14 heavy (non-hydrogen) atoms. The van der Waals surface area contributed by atoms with E-state index in [4.69, 9.17) is 5.73 Å². The predicted molar refractivity (Wildman–Crippen MR) is 59.1 cm³/mol. The van der Waals surface area contributed by atoms with Gasteiger partial charge < -0.3 is 10.8 Å². The van der Waals surface area contributed by atoms with E-state index in [1.165, 1.54) is 19.3 Å². The fourth-order valence-corrected chi connectivity index (χ4v) is 2.09. The molecule has 3 N–H and O–H groups in total. The van der Waals surface area contributed by atoms with Crippen LogP contribution in [0.5, 0.6) is 0 Å². The molecule has 2 unspecified atom stereocenters. The van der Waals surface area contributed by atoms with Gasteiger partial charge in [-0.05, 0) is 32.2 Å². The highest BCUT2D eigenvalue weighted by atomic mass is 16.3. The lowest BCUT2D eigenvalue weighted by molar-refractivity contribution is 0.0948. The quantitative estimate of drug-likeness (QED) is 0.667. The maximum absolute atomic E-state index is 9.28. The van der Waals surface area contributed by atoms with E-state index in [1.54, 1.807) is 0 Å². The molecule has 1 rings (SSSR count). The summed E-state index contributed by atoms with van der Waals surface area (Å²) in [6.45, 7) is 3.35. The summed E-state index contributed by atoms with van der Waals surface area (Å²) in [6.07, 6.45) is 5.01. The second-order valence-corrected chi connectivity index (χ2v) is 4.56. The van der Waals surface area contributed by atoms with Crippen LogP contribution in [0.15, 0.2) is 0 Å². The van der Waals surface area contributed by atoms with Crippen molar-refractivity contribution in [3.05, 3.63) is 0 Å². The molecule has 0 bridgehead atoms. The van der Waals surface area contributed by atoms with Gasteiger partial charge in [0, 0.05) is 18.6 Å².